The predicted molar refractivity (Wildman–Crippen MR) is 174 cm³/mol. The summed E-state index contributed by atoms with van der Waals surface area (Å²) in [6.45, 7) is 3.52. The van der Waals surface area contributed by atoms with Gasteiger partial charge in [0, 0.05) is 23.7 Å². The Labute approximate surface area is 284 Å². The van der Waals surface area contributed by atoms with Gasteiger partial charge in [-0.05, 0) is 80.1 Å². The zero-order valence-corrected chi connectivity index (χ0v) is 27.5. The molecule has 5 aromatic rings. The summed E-state index contributed by atoms with van der Waals surface area (Å²) in [6.07, 6.45) is 2.11. The molecule has 0 unspecified atom stereocenters. The molecular weight excluding hydrogens is 667 g/mol. The second kappa shape index (κ2) is 13.2. The summed E-state index contributed by atoms with van der Waals surface area (Å²) in [5.74, 6) is -1.35. The molecule has 2 aromatic heterocycles. The number of carbonyl (C=O) groups excluding carboxylic acids is 3. The highest BCUT2D eigenvalue weighted by Crippen LogP contribution is 2.47. The van der Waals surface area contributed by atoms with Crippen LogP contribution in [-0.4, -0.2) is 37.7 Å². The molecule has 10 nitrogen and oxygen atoms in total. The normalized spacial score (nSPS) is 12.5. The quantitative estimate of drug-likeness (QED) is 0.111. The molecule has 0 aliphatic heterocycles. The molecule has 238 valence electrons. The highest BCUT2D eigenvalue weighted by atomic mass is 35.5. The Morgan fingerprint density at radius 2 is 1.55 bits per heavy atom. The zero-order chi connectivity index (χ0) is 33.4. The van der Waals surface area contributed by atoms with Crippen molar-refractivity contribution in [3.63, 3.8) is 0 Å². The minimum absolute atomic E-state index is 0.0116. The molecule has 1 aliphatic carbocycles. The molecule has 0 N–H and O–H groups in total. The maximum absolute atomic E-state index is 13.4. The lowest BCUT2D eigenvalue weighted by Crippen LogP contribution is -2.16. The first-order valence-electron chi connectivity index (χ1n) is 14.4. The van der Waals surface area contributed by atoms with Crippen molar-refractivity contribution in [3.05, 3.63) is 121 Å². The number of hydrogen-bond donors (Lipinski definition) is 0. The maximum Gasteiger partial charge on any atom is 0.344 e. The summed E-state index contributed by atoms with van der Waals surface area (Å²) in [6, 6.07) is 17.4. The summed E-state index contributed by atoms with van der Waals surface area (Å²) in [5, 5.41) is 12.6. The summed E-state index contributed by atoms with van der Waals surface area (Å²) < 4.78 is 18.7. The molecule has 0 amide bonds. The molecular formula is C34H25Cl3N4O6. The number of para-hydroxylation sites is 1. The zero-order valence-electron chi connectivity index (χ0n) is 25.2. The van der Waals surface area contributed by atoms with Crippen LogP contribution < -0.4 is 14.2 Å². The molecule has 1 aliphatic rings. The van der Waals surface area contributed by atoms with E-state index >= 15 is 0 Å². The van der Waals surface area contributed by atoms with Crippen LogP contribution in [0.15, 0.2) is 66.7 Å². The van der Waals surface area contributed by atoms with Gasteiger partial charge in [-0.2, -0.15) is 5.10 Å². The molecule has 6 rings (SSSR count). The summed E-state index contributed by atoms with van der Waals surface area (Å²) in [5.41, 5.74) is 2.50. The first-order valence-corrected chi connectivity index (χ1v) is 15.5. The molecule has 3 aromatic carbocycles. The van der Waals surface area contributed by atoms with E-state index in [9.17, 15) is 14.4 Å². The Bertz CT molecular complexity index is 2080. The van der Waals surface area contributed by atoms with E-state index in [-0.39, 0.29) is 49.9 Å². The van der Waals surface area contributed by atoms with E-state index < -0.39 is 17.7 Å². The van der Waals surface area contributed by atoms with E-state index in [2.05, 4.69) is 15.3 Å². The summed E-state index contributed by atoms with van der Waals surface area (Å²) in [7, 11) is 1.53. The number of benzene rings is 3. The number of aromatic nitrogens is 4. The van der Waals surface area contributed by atoms with E-state index in [0.29, 0.717) is 22.4 Å². The maximum atomic E-state index is 13.4. The van der Waals surface area contributed by atoms with E-state index in [1.54, 1.807) is 6.92 Å². The van der Waals surface area contributed by atoms with Crippen molar-refractivity contribution in [1.82, 2.24) is 20.0 Å². The Kier molecular flexibility index (Phi) is 9.01. The third-order valence-electron chi connectivity index (χ3n) is 7.45. The van der Waals surface area contributed by atoms with Crippen molar-refractivity contribution in [1.29, 1.82) is 0 Å². The van der Waals surface area contributed by atoms with Crippen LogP contribution in [0.2, 0.25) is 15.2 Å². The number of halogens is 3. The van der Waals surface area contributed by atoms with E-state index in [1.807, 2.05) is 25.1 Å². The predicted octanol–water partition coefficient (Wildman–Crippen LogP) is 8.13. The van der Waals surface area contributed by atoms with Gasteiger partial charge in [-0.3, -0.25) is 4.79 Å². The average molecular weight is 692 g/mol. The van der Waals surface area contributed by atoms with Crippen molar-refractivity contribution in [2.24, 2.45) is 7.05 Å². The third-order valence-corrected chi connectivity index (χ3v) is 8.19. The monoisotopic (exact) mass is 690 g/mol. The second-order valence-electron chi connectivity index (χ2n) is 10.9. The van der Waals surface area contributed by atoms with Crippen LogP contribution in [0.25, 0.3) is 0 Å². The first kappa shape index (κ1) is 32.2. The number of rotatable bonds is 9. The topological polar surface area (TPSA) is 122 Å². The van der Waals surface area contributed by atoms with Crippen molar-refractivity contribution >= 4 is 52.5 Å². The summed E-state index contributed by atoms with van der Waals surface area (Å²) in [4.78, 5) is 40.1. The van der Waals surface area contributed by atoms with E-state index in [4.69, 9.17) is 49.0 Å². The van der Waals surface area contributed by atoms with Crippen LogP contribution >= 0.6 is 34.8 Å². The molecule has 0 radical (unpaired) electrons. The lowest BCUT2D eigenvalue weighted by molar-refractivity contribution is 0.0718. The fraction of sp³-hybridized carbons (Fsp3) is 0.176. The average Bonchev–Trinajstić information content (AvgIpc) is 3.84. The van der Waals surface area contributed by atoms with Crippen molar-refractivity contribution in [2.45, 2.75) is 32.6 Å². The molecule has 13 heteroatoms. The number of hydrogen-bond acceptors (Lipinski definition) is 9. The summed E-state index contributed by atoms with van der Waals surface area (Å²) >= 11 is 18.4. The van der Waals surface area contributed by atoms with Gasteiger partial charge in [-0.25, -0.2) is 14.3 Å². The van der Waals surface area contributed by atoms with Crippen LogP contribution in [0.4, 0.5) is 0 Å². The smallest absolute Gasteiger partial charge is 0.344 e. The first-order chi connectivity index (χ1) is 22.5. The Morgan fingerprint density at radius 3 is 2.26 bits per heavy atom. The van der Waals surface area contributed by atoms with Crippen molar-refractivity contribution < 1.29 is 28.6 Å². The number of ketones is 1. The van der Waals surface area contributed by atoms with Gasteiger partial charge in [-0.1, -0.05) is 59.1 Å². The van der Waals surface area contributed by atoms with Crippen LogP contribution in [0.3, 0.4) is 0 Å². The van der Waals surface area contributed by atoms with Gasteiger partial charge in [0.2, 0.25) is 11.7 Å². The van der Waals surface area contributed by atoms with Crippen LogP contribution in [0.1, 0.15) is 72.2 Å². The lowest BCUT2D eigenvalue weighted by Gasteiger charge is -2.15. The number of aryl methyl sites for hydroxylation is 3. The van der Waals surface area contributed by atoms with Gasteiger partial charge >= 0.3 is 11.9 Å². The SMILES string of the molecule is Cc1cccc(C2CC2)c1Oc1nnc(Cl)cc1OC(=O)c1cccc(C(=O)Oc2c(C(=O)c3ccc(Cl)cc3Cl)c(C)nn2C)c1. The van der Waals surface area contributed by atoms with Gasteiger partial charge < -0.3 is 14.2 Å². The molecule has 0 saturated heterocycles. The van der Waals surface area contributed by atoms with Gasteiger partial charge in [0.1, 0.15) is 11.3 Å². The molecule has 0 bridgehead atoms. The van der Waals surface area contributed by atoms with Crippen molar-refractivity contribution in [3.8, 4) is 23.3 Å². The highest BCUT2D eigenvalue weighted by molar-refractivity contribution is 6.37. The van der Waals surface area contributed by atoms with E-state index in [0.717, 1.165) is 24.0 Å². The number of carbonyl (C=O) groups is 3. The lowest BCUT2D eigenvalue weighted by atomic mass is 10.0. The Hall–Kier alpha value is -4.77. The number of ether oxygens (including phenoxy) is 3. The standard InChI is InChI=1S/C34H25Cl3N4O6/c1-17-6-4-9-23(19-10-11-19)30(17)46-31-26(16-27(37)38-39-31)45-33(43)20-7-5-8-21(14-20)34(44)47-32-28(18(2)40-41(32)3)29(42)24-13-12-22(35)15-25(24)36/h4-9,12-16,19H,10-11H2,1-3H3. The molecule has 0 spiro atoms. The Balaban J connectivity index is 1.23. The Morgan fingerprint density at radius 1 is 0.851 bits per heavy atom. The third kappa shape index (κ3) is 6.85. The number of nitrogens with zero attached hydrogens (tertiary/aromatic N) is 4. The minimum Gasteiger partial charge on any atom is -0.434 e. The van der Waals surface area contributed by atoms with Gasteiger partial charge in [0.25, 0.3) is 5.88 Å². The van der Waals surface area contributed by atoms with Gasteiger partial charge in [0.05, 0.1) is 21.8 Å². The van der Waals surface area contributed by atoms with Crippen LogP contribution in [0, 0.1) is 13.8 Å². The van der Waals surface area contributed by atoms with Crippen LogP contribution in [-0.2, 0) is 7.05 Å². The molecule has 47 heavy (non-hydrogen) atoms. The van der Waals surface area contributed by atoms with Gasteiger partial charge in [-0.15, -0.1) is 10.2 Å². The fourth-order valence-electron chi connectivity index (χ4n) is 5.01. The van der Waals surface area contributed by atoms with Crippen molar-refractivity contribution in [2.75, 3.05) is 0 Å². The second-order valence-corrected chi connectivity index (χ2v) is 12.1. The molecule has 0 atom stereocenters. The largest absolute Gasteiger partial charge is 0.434 e. The van der Waals surface area contributed by atoms with Crippen LogP contribution in [0.5, 0.6) is 23.3 Å². The molecule has 1 saturated carbocycles. The molecule has 2 heterocycles. The van der Waals surface area contributed by atoms with Gasteiger partial charge in [0.15, 0.2) is 10.9 Å². The van der Waals surface area contributed by atoms with E-state index in [1.165, 1.54) is 60.3 Å². The fourth-order valence-corrected chi connectivity index (χ4v) is 5.65. The minimum atomic E-state index is -0.844. The molecule has 1 fully saturated rings. The highest BCUT2D eigenvalue weighted by Gasteiger charge is 2.29. The number of esters is 2.